The largest absolute Gasteiger partial charge is 0.401 e. The lowest BCUT2D eigenvalue weighted by Gasteiger charge is -2.22. The Morgan fingerprint density at radius 2 is 1.95 bits per heavy atom. The highest BCUT2D eigenvalue weighted by molar-refractivity contribution is 6.33. The van der Waals surface area contributed by atoms with E-state index < -0.39 is 25.2 Å². The molecule has 1 aromatic carbocycles. The second kappa shape index (κ2) is 8.21. The number of benzene rings is 1. The van der Waals surface area contributed by atoms with Crippen molar-refractivity contribution in [3.05, 3.63) is 29.3 Å². The van der Waals surface area contributed by atoms with E-state index >= 15 is 0 Å². The lowest BCUT2D eigenvalue weighted by Crippen LogP contribution is -2.38. The van der Waals surface area contributed by atoms with Crippen LogP contribution in [0.4, 0.5) is 18.9 Å². The first kappa shape index (κ1) is 17.7. The molecule has 0 aliphatic carbocycles. The third-order valence-corrected chi connectivity index (χ3v) is 2.95. The van der Waals surface area contributed by atoms with Crippen molar-refractivity contribution in [1.82, 2.24) is 4.90 Å². The summed E-state index contributed by atoms with van der Waals surface area (Å²) < 4.78 is 36.9. The number of aliphatic hydroxyl groups is 1. The quantitative estimate of drug-likeness (QED) is 0.810. The zero-order chi connectivity index (χ0) is 15.9. The summed E-state index contributed by atoms with van der Waals surface area (Å²) in [5, 5.41) is 11.6. The van der Waals surface area contributed by atoms with Crippen LogP contribution in [0.5, 0.6) is 0 Å². The van der Waals surface area contributed by atoms with Crippen molar-refractivity contribution in [2.75, 3.05) is 31.6 Å². The number of hydrogen-bond acceptors (Lipinski definition) is 3. The number of carbonyl (C=O) groups excluding carboxylic acids is 1. The molecule has 0 atom stereocenters. The maximum absolute atomic E-state index is 12.3. The van der Waals surface area contributed by atoms with Crippen molar-refractivity contribution >= 4 is 23.2 Å². The van der Waals surface area contributed by atoms with Gasteiger partial charge < -0.3 is 10.4 Å². The molecule has 0 fully saturated rings. The number of anilines is 1. The van der Waals surface area contributed by atoms with Crippen molar-refractivity contribution in [3.63, 3.8) is 0 Å². The highest BCUT2D eigenvalue weighted by Gasteiger charge is 2.30. The number of aliphatic hydroxyl groups excluding tert-OH is 1. The topological polar surface area (TPSA) is 52.6 Å². The molecule has 21 heavy (non-hydrogen) atoms. The number of carbonyl (C=O) groups is 1. The van der Waals surface area contributed by atoms with Crippen molar-refractivity contribution in [2.45, 2.75) is 12.6 Å². The summed E-state index contributed by atoms with van der Waals surface area (Å²) in [6, 6.07) is 6.58. The van der Waals surface area contributed by atoms with Crippen LogP contribution in [0.2, 0.25) is 5.02 Å². The van der Waals surface area contributed by atoms with E-state index in [0.717, 1.165) is 4.90 Å². The fourth-order valence-corrected chi connectivity index (χ4v) is 1.88. The molecule has 1 amide bonds. The number of hydrogen-bond donors (Lipinski definition) is 2. The maximum Gasteiger partial charge on any atom is 0.401 e. The molecule has 0 spiro atoms. The van der Waals surface area contributed by atoms with E-state index in [1.54, 1.807) is 24.3 Å². The summed E-state index contributed by atoms with van der Waals surface area (Å²) >= 11 is 5.86. The van der Waals surface area contributed by atoms with Crippen molar-refractivity contribution in [1.29, 1.82) is 0 Å². The Bertz CT molecular complexity index is 469. The van der Waals surface area contributed by atoms with Crippen molar-refractivity contribution in [3.8, 4) is 0 Å². The van der Waals surface area contributed by atoms with E-state index in [-0.39, 0.29) is 19.5 Å². The second-order valence-corrected chi connectivity index (χ2v) is 4.80. The van der Waals surface area contributed by atoms with E-state index in [1.807, 2.05) is 0 Å². The molecule has 0 saturated heterocycles. The SMILES string of the molecule is O=C(CCN(CCO)CC(F)(F)F)Nc1ccccc1Cl. The van der Waals surface area contributed by atoms with Gasteiger partial charge in [0.15, 0.2) is 0 Å². The van der Waals surface area contributed by atoms with Crippen LogP contribution < -0.4 is 5.32 Å². The van der Waals surface area contributed by atoms with E-state index in [4.69, 9.17) is 16.7 Å². The van der Waals surface area contributed by atoms with Crippen LogP contribution in [0, 0.1) is 0 Å². The molecular weight excluding hydrogens is 309 g/mol. The molecule has 0 aromatic heterocycles. The molecule has 1 aromatic rings. The van der Waals surface area contributed by atoms with Gasteiger partial charge in [-0.25, -0.2) is 0 Å². The summed E-state index contributed by atoms with van der Waals surface area (Å²) in [7, 11) is 0. The number of nitrogens with zero attached hydrogens (tertiary/aromatic N) is 1. The molecule has 4 nitrogen and oxygen atoms in total. The monoisotopic (exact) mass is 324 g/mol. The van der Waals surface area contributed by atoms with Crippen molar-refractivity contribution < 1.29 is 23.1 Å². The molecule has 0 aliphatic heterocycles. The maximum atomic E-state index is 12.3. The predicted octanol–water partition coefficient (Wildman–Crippen LogP) is 2.53. The highest BCUT2D eigenvalue weighted by Crippen LogP contribution is 2.20. The Morgan fingerprint density at radius 1 is 1.29 bits per heavy atom. The van der Waals surface area contributed by atoms with Gasteiger partial charge in [0.2, 0.25) is 5.91 Å². The van der Waals surface area contributed by atoms with Crippen LogP contribution in [-0.2, 0) is 4.79 Å². The van der Waals surface area contributed by atoms with Gasteiger partial charge in [-0.1, -0.05) is 23.7 Å². The third-order valence-electron chi connectivity index (χ3n) is 2.62. The Balaban J connectivity index is 2.48. The molecule has 0 unspecified atom stereocenters. The van der Waals surface area contributed by atoms with Crippen LogP contribution in [0.25, 0.3) is 0 Å². The number of halogens is 4. The van der Waals surface area contributed by atoms with E-state index in [0.29, 0.717) is 10.7 Å². The summed E-state index contributed by atoms with van der Waals surface area (Å²) in [5.41, 5.74) is 0.411. The fraction of sp³-hybridized carbons (Fsp3) is 0.462. The average Bonchev–Trinajstić information content (AvgIpc) is 2.37. The lowest BCUT2D eigenvalue weighted by atomic mass is 10.3. The first-order valence-electron chi connectivity index (χ1n) is 6.26. The first-order chi connectivity index (χ1) is 9.81. The first-order valence-corrected chi connectivity index (χ1v) is 6.64. The second-order valence-electron chi connectivity index (χ2n) is 4.39. The molecular formula is C13H16ClF3N2O2. The minimum absolute atomic E-state index is 0.101. The normalized spacial score (nSPS) is 11.7. The van der Waals surface area contributed by atoms with E-state index in [2.05, 4.69) is 5.32 Å². The van der Waals surface area contributed by atoms with Gasteiger partial charge in [0.1, 0.15) is 0 Å². The fourth-order valence-electron chi connectivity index (χ4n) is 1.70. The van der Waals surface area contributed by atoms with Crippen LogP contribution in [0.3, 0.4) is 0 Å². The zero-order valence-electron chi connectivity index (χ0n) is 11.2. The highest BCUT2D eigenvalue weighted by atomic mass is 35.5. The van der Waals surface area contributed by atoms with Crippen LogP contribution in [-0.4, -0.2) is 48.3 Å². The summed E-state index contributed by atoms with van der Waals surface area (Å²) in [6.45, 7) is -1.80. The Kier molecular flexibility index (Phi) is 6.94. The van der Waals surface area contributed by atoms with E-state index in [9.17, 15) is 18.0 Å². The van der Waals surface area contributed by atoms with Gasteiger partial charge in [0.25, 0.3) is 0 Å². The Labute approximate surface area is 125 Å². The molecule has 2 N–H and O–H groups in total. The molecule has 0 heterocycles. The Hall–Kier alpha value is -1.31. The van der Waals surface area contributed by atoms with Gasteiger partial charge in [-0.15, -0.1) is 0 Å². The van der Waals surface area contributed by atoms with Crippen LogP contribution in [0.1, 0.15) is 6.42 Å². The number of rotatable bonds is 7. The number of alkyl halides is 3. The summed E-state index contributed by atoms with van der Waals surface area (Å²) in [5.74, 6) is -0.437. The predicted molar refractivity (Wildman–Crippen MR) is 74.3 cm³/mol. The van der Waals surface area contributed by atoms with Gasteiger partial charge in [0, 0.05) is 19.5 Å². The molecule has 1 rings (SSSR count). The minimum atomic E-state index is -4.37. The molecule has 0 bridgehead atoms. The average molecular weight is 325 g/mol. The Morgan fingerprint density at radius 3 is 2.52 bits per heavy atom. The summed E-state index contributed by atoms with van der Waals surface area (Å²) in [4.78, 5) is 12.7. The van der Waals surface area contributed by atoms with Crippen LogP contribution in [0.15, 0.2) is 24.3 Å². The van der Waals surface area contributed by atoms with Gasteiger partial charge in [-0.3, -0.25) is 9.69 Å². The smallest absolute Gasteiger partial charge is 0.395 e. The third kappa shape index (κ3) is 7.31. The number of amides is 1. The van der Waals surface area contributed by atoms with Gasteiger partial charge in [-0.2, -0.15) is 13.2 Å². The zero-order valence-corrected chi connectivity index (χ0v) is 11.9. The van der Waals surface area contributed by atoms with Crippen LogP contribution >= 0.6 is 11.6 Å². The molecule has 8 heteroatoms. The number of nitrogens with one attached hydrogen (secondary N) is 1. The molecule has 0 saturated carbocycles. The minimum Gasteiger partial charge on any atom is -0.395 e. The van der Waals surface area contributed by atoms with Gasteiger partial charge in [0.05, 0.1) is 23.9 Å². The summed E-state index contributed by atoms with van der Waals surface area (Å²) in [6.07, 6.45) is -4.49. The van der Waals surface area contributed by atoms with E-state index in [1.165, 1.54) is 0 Å². The lowest BCUT2D eigenvalue weighted by molar-refractivity contribution is -0.147. The number of para-hydroxylation sites is 1. The van der Waals surface area contributed by atoms with Gasteiger partial charge in [-0.05, 0) is 12.1 Å². The molecule has 118 valence electrons. The standard InChI is InChI=1S/C13H16ClF3N2O2/c14-10-3-1-2-4-11(10)18-12(21)5-6-19(7-8-20)9-13(15,16)17/h1-4,20H,5-9H2,(H,18,21). The molecule has 0 aliphatic rings. The molecule has 0 radical (unpaired) electrons. The van der Waals surface area contributed by atoms with Gasteiger partial charge >= 0.3 is 6.18 Å². The van der Waals surface area contributed by atoms with Crippen molar-refractivity contribution in [2.24, 2.45) is 0 Å².